The van der Waals surface area contributed by atoms with Crippen LogP contribution in [0.15, 0.2) is 125 Å². The van der Waals surface area contributed by atoms with Crippen LogP contribution in [0.5, 0.6) is 5.75 Å². The Morgan fingerprint density at radius 2 is 1.41 bits per heavy atom. The second-order valence-electron chi connectivity index (χ2n) is 10.1. The molecule has 0 spiro atoms. The van der Waals surface area contributed by atoms with Gasteiger partial charge in [-0.05, 0) is 65.6 Å². The molecule has 0 fully saturated rings. The molecule has 4 heteroatoms. The van der Waals surface area contributed by atoms with E-state index in [1.165, 1.54) is 10.8 Å². The minimum Gasteiger partial charge on any atom is -0.489 e. The number of hydrogen-bond acceptors (Lipinski definition) is 4. The summed E-state index contributed by atoms with van der Waals surface area (Å²) in [6.45, 7) is 4.57. The lowest BCUT2D eigenvalue weighted by Crippen LogP contribution is -1.96. The number of hydrogen-bond donors (Lipinski definition) is 0. The minimum atomic E-state index is 0.287. The van der Waals surface area contributed by atoms with Crippen molar-refractivity contribution in [3.05, 3.63) is 143 Å². The Kier molecular flexibility index (Phi) is 7.17. The lowest BCUT2D eigenvalue weighted by molar-refractivity contribution is 0.307. The first kappa shape index (κ1) is 25.9. The third-order valence-electron chi connectivity index (χ3n) is 7.14. The molecule has 198 valence electrons. The van der Waals surface area contributed by atoms with Crippen LogP contribution in [-0.2, 0) is 6.61 Å². The second kappa shape index (κ2) is 11.4. The highest BCUT2D eigenvalue weighted by molar-refractivity contribution is 5.90. The number of nitrogens with zero attached hydrogens (tertiary/aromatic N) is 2. The van der Waals surface area contributed by atoms with Gasteiger partial charge in [0.1, 0.15) is 29.7 Å². The fourth-order valence-electron chi connectivity index (χ4n) is 4.88. The van der Waals surface area contributed by atoms with Crippen molar-refractivity contribution < 1.29 is 9.15 Å². The Morgan fingerprint density at radius 3 is 2.12 bits per heavy atom. The van der Waals surface area contributed by atoms with Crippen molar-refractivity contribution in [1.82, 2.24) is 0 Å². The van der Waals surface area contributed by atoms with E-state index in [1.54, 1.807) is 6.21 Å². The zero-order chi connectivity index (χ0) is 28.2. The number of nitriles is 1. The van der Waals surface area contributed by atoms with Gasteiger partial charge in [-0.2, -0.15) is 5.26 Å². The van der Waals surface area contributed by atoms with Crippen LogP contribution in [0.1, 0.15) is 27.8 Å². The first-order valence-electron chi connectivity index (χ1n) is 13.5. The van der Waals surface area contributed by atoms with E-state index in [0.717, 1.165) is 44.7 Å². The van der Waals surface area contributed by atoms with Gasteiger partial charge in [0, 0.05) is 17.3 Å². The number of aliphatic imine (C=N–C) groups is 1. The Balaban J connectivity index is 1.26. The molecule has 0 aliphatic heterocycles. The van der Waals surface area contributed by atoms with Crippen molar-refractivity contribution in [2.75, 3.05) is 0 Å². The summed E-state index contributed by atoms with van der Waals surface area (Å²) in [5.41, 5.74) is 7.30. The number of furan rings is 1. The van der Waals surface area contributed by atoms with Gasteiger partial charge < -0.3 is 9.15 Å². The van der Waals surface area contributed by atoms with Crippen molar-refractivity contribution in [2.24, 2.45) is 4.99 Å². The van der Waals surface area contributed by atoms with Crippen molar-refractivity contribution in [3.63, 3.8) is 0 Å². The summed E-state index contributed by atoms with van der Waals surface area (Å²) in [7, 11) is 0. The third kappa shape index (κ3) is 5.52. The lowest BCUT2D eigenvalue weighted by atomic mass is 9.97. The van der Waals surface area contributed by atoms with Crippen molar-refractivity contribution >= 4 is 22.9 Å². The molecule has 0 saturated heterocycles. The summed E-state index contributed by atoms with van der Waals surface area (Å²) in [4.78, 5) is 4.62. The topological polar surface area (TPSA) is 58.5 Å². The molecule has 1 heterocycles. The first-order valence-corrected chi connectivity index (χ1v) is 13.5. The predicted octanol–water partition coefficient (Wildman–Crippen LogP) is 9.58. The minimum absolute atomic E-state index is 0.287. The van der Waals surface area contributed by atoms with Gasteiger partial charge in [-0.3, -0.25) is 0 Å². The molecule has 0 amide bonds. The quantitative estimate of drug-likeness (QED) is 0.192. The monoisotopic (exact) mass is 532 g/mol. The van der Waals surface area contributed by atoms with Crippen molar-refractivity contribution in [1.29, 1.82) is 5.26 Å². The van der Waals surface area contributed by atoms with Gasteiger partial charge in [-0.15, -0.1) is 0 Å². The van der Waals surface area contributed by atoms with Crippen LogP contribution in [0.4, 0.5) is 5.88 Å². The SMILES string of the molecule is Cc1ccc(-c2oc(N=Cc3ccc(OCc4cccc5ccccc45)cc3)c(C#N)c2-c2ccc(C)cc2)cc1. The van der Waals surface area contributed by atoms with Crippen LogP contribution in [0.3, 0.4) is 0 Å². The smallest absolute Gasteiger partial charge is 0.238 e. The Labute approximate surface area is 239 Å². The fraction of sp³-hybridized carbons (Fsp3) is 0.0811. The molecule has 0 atom stereocenters. The maximum atomic E-state index is 10.2. The van der Waals surface area contributed by atoms with E-state index in [-0.39, 0.29) is 5.88 Å². The van der Waals surface area contributed by atoms with Gasteiger partial charge in [0.15, 0.2) is 0 Å². The summed E-state index contributed by atoms with van der Waals surface area (Å²) < 4.78 is 12.4. The van der Waals surface area contributed by atoms with Crippen LogP contribution in [-0.4, -0.2) is 6.21 Å². The molecule has 0 N–H and O–H groups in total. The van der Waals surface area contributed by atoms with Gasteiger partial charge in [-0.25, -0.2) is 4.99 Å². The Hall–Kier alpha value is -5.40. The molecule has 0 bridgehead atoms. The molecule has 0 aliphatic rings. The molecule has 5 aromatic carbocycles. The molecular formula is C37H28N2O2. The maximum Gasteiger partial charge on any atom is 0.238 e. The summed E-state index contributed by atoms with van der Waals surface area (Å²) in [6.07, 6.45) is 1.71. The maximum absolute atomic E-state index is 10.2. The van der Waals surface area contributed by atoms with E-state index < -0.39 is 0 Å². The van der Waals surface area contributed by atoms with Crippen molar-refractivity contribution in [2.45, 2.75) is 20.5 Å². The zero-order valence-electron chi connectivity index (χ0n) is 23.0. The van der Waals surface area contributed by atoms with E-state index in [2.05, 4.69) is 41.4 Å². The number of rotatable bonds is 7. The van der Waals surface area contributed by atoms with E-state index in [4.69, 9.17) is 9.15 Å². The largest absolute Gasteiger partial charge is 0.489 e. The highest BCUT2D eigenvalue weighted by Crippen LogP contribution is 2.42. The lowest BCUT2D eigenvalue weighted by Gasteiger charge is -2.09. The van der Waals surface area contributed by atoms with Gasteiger partial charge in [0.05, 0.1) is 0 Å². The van der Waals surface area contributed by atoms with E-state index >= 15 is 0 Å². The highest BCUT2D eigenvalue weighted by Gasteiger charge is 2.22. The van der Waals surface area contributed by atoms with Gasteiger partial charge >= 0.3 is 0 Å². The highest BCUT2D eigenvalue weighted by atomic mass is 16.5. The van der Waals surface area contributed by atoms with Gasteiger partial charge in [0.25, 0.3) is 0 Å². The Morgan fingerprint density at radius 1 is 0.756 bits per heavy atom. The molecule has 1 aromatic heterocycles. The molecule has 0 aliphatic carbocycles. The average molecular weight is 533 g/mol. The summed E-state index contributed by atoms with van der Waals surface area (Å²) >= 11 is 0. The summed E-state index contributed by atoms with van der Waals surface area (Å²) in [5, 5.41) is 12.6. The molecule has 6 aromatic rings. The summed E-state index contributed by atoms with van der Waals surface area (Å²) in [6, 6.07) is 40.9. The van der Waals surface area contributed by atoms with Crippen LogP contribution in [0, 0.1) is 25.2 Å². The summed E-state index contributed by atoms with van der Waals surface area (Å²) in [5.74, 6) is 1.69. The normalized spacial score (nSPS) is 11.1. The van der Waals surface area contributed by atoms with E-state index in [9.17, 15) is 5.26 Å². The van der Waals surface area contributed by atoms with Gasteiger partial charge in [-0.1, -0.05) is 102 Å². The van der Waals surface area contributed by atoms with Crippen molar-refractivity contribution in [3.8, 4) is 34.3 Å². The number of ether oxygens (including phenoxy) is 1. The second-order valence-corrected chi connectivity index (χ2v) is 10.1. The number of aryl methyl sites for hydroxylation is 2. The predicted molar refractivity (Wildman–Crippen MR) is 166 cm³/mol. The molecule has 0 unspecified atom stereocenters. The van der Waals surface area contributed by atoms with E-state index in [1.807, 2.05) is 98.8 Å². The molecule has 41 heavy (non-hydrogen) atoms. The standard InChI is InChI=1S/C37H28N2O2/c1-25-10-16-29(17-11-25)35-34(22-38)37(41-36(35)30-18-12-26(2)13-19-30)39-23-27-14-20-32(21-15-27)40-24-31-8-5-7-28-6-3-4-9-33(28)31/h3-21,23H,24H2,1-2H3. The first-order chi connectivity index (χ1) is 20.1. The third-order valence-corrected chi connectivity index (χ3v) is 7.14. The molecule has 0 saturated carbocycles. The Bertz CT molecular complexity index is 1880. The number of fused-ring (bicyclic) bond motifs is 1. The van der Waals surface area contributed by atoms with E-state index in [0.29, 0.717) is 17.9 Å². The zero-order valence-corrected chi connectivity index (χ0v) is 23.0. The van der Waals surface area contributed by atoms with Crippen LogP contribution < -0.4 is 4.74 Å². The van der Waals surface area contributed by atoms with Crippen LogP contribution in [0.25, 0.3) is 33.2 Å². The molecular weight excluding hydrogens is 504 g/mol. The average Bonchev–Trinajstić information content (AvgIpc) is 3.38. The molecule has 4 nitrogen and oxygen atoms in total. The molecule has 6 rings (SSSR count). The number of benzene rings is 5. The van der Waals surface area contributed by atoms with Gasteiger partial charge in [0.2, 0.25) is 5.88 Å². The van der Waals surface area contributed by atoms with Crippen LogP contribution in [0.2, 0.25) is 0 Å². The van der Waals surface area contributed by atoms with Crippen LogP contribution >= 0.6 is 0 Å². The molecule has 0 radical (unpaired) electrons. The fourth-order valence-corrected chi connectivity index (χ4v) is 4.88.